The quantitative estimate of drug-likeness (QED) is 0.708. The molecule has 1 aromatic heterocycles. The number of nitrogens with one attached hydrogen (secondary N) is 1. The lowest BCUT2D eigenvalue weighted by atomic mass is 10.2. The van der Waals surface area contributed by atoms with E-state index in [1.807, 2.05) is 35.8 Å². The van der Waals surface area contributed by atoms with Crippen LogP contribution in [0.2, 0.25) is 0 Å². The lowest BCUT2D eigenvalue weighted by Gasteiger charge is -2.10. The average Bonchev–Trinajstić information content (AvgIpc) is 2.76. The van der Waals surface area contributed by atoms with Crippen LogP contribution in [0.25, 0.3) is 10.9 Å². The van der Waals surface area contributed by atoms with Gasteiger partial charge in [0.1, 0.15) is 18.2 Å². The van der Waals surface area contributed by atoms with Crippen molar-refractivity contribution in [2.75, 3.05) is 5.32 Å². The van der Waals surface area contributed by atoms with Crippen molar-refractivity contribution in [2.24, 2.45) is 0 Å². The van der Waals surface area contributed by atoms with Crippen LogP contribution >= 0.6 is 15.9 Å². The fourth-order valence-electron chi connectivity index (χ4n) is 2.52. The maximum absolute atomic E-state index is 13.6. The topological polar surface area (TPSA) is 34.0 Å². The molecule has 2 aromatic carbocycles. The van der Waals surface area contributed by atoms with Crippen molar-refractivity contribution in [3.05, 3.63) is 64.3 Å². The number of para-hydroxylation sites is 1. The lowest BCUT2D eigenvalue weighted by Crippen LogP contribution is -2.20. The second kappa shape index (κ2) is 6.12. The van der Waals surface area contributed by atoms with Crippen LogP contribution in [0.1, 0.15) is 5.69 Å². The molecule has 1 N–H and O–H groups in total. The Balaban J connectivity index is 1.87. The summed E-state index contributed by atoms with van der Waals surface area (Å²) in [6.07, 6.45) is 0. The molecule has 0 radical (unpaired) electrons. The Morgan fingerprint density at radius 2 is 1.96 bits per heavy atom. The predicted molar refractivity (Wildman–Crippen MR) is 89.4 cm³/mol. The summed E-state index contributed by atoms with van der Waals surface area (Å²) in [6, 6.07) is 10.7. The summed E-state index contributed by atoms with van der Waals surface area (Å²) >= 11 is 3.52. The predicted octanol–water partition coefficient (Wildman–Crippen LogP) is 4.63. The van der Waals surface area contributed by atoms with E-state index in [1.54, 1.807) is 0 Å². The third kappa shape index (κ3) is 2.99. The van der Waals surface area contributed by atoms with Gasteiger partial charge >= 0.3 is 0 Å². The van der Waals surface area contributed by atoms with E-state index >= 15 is 0 Å². The van der Waals surface area contributed by atoms with Gasteiger partial charge in [-0.3, -0.25) is 4.79 Å². The number of hydrogen-bond donors (Lipinski definition) is 1. The first-order valence-corrected chi connectivity index (χ1v) is 7.75. The fraction of sp³-hybridized carbons (Fsp3) is 0.118. The molecule has 118 valence electrons. The Labute approximate surface area is 140 Å². The Kier molecular flexibility index (Phi) is 4.17. The molecule has 3 rings (SSSR count). The van der Waals surface area contributed by atoms with Crippen LogP contribution in [0.15, 0.2) is 46.9 Å². The van der Waals surface area contributed by atoms with Crippen LogP contribution in [-0.2, 0) is 11.3 Å². The van der Waals surface area contributed by atoms with Gasteiger partial charge in [0, 0.05) is 27.1 Å². The van der Waals surface area contributed by atoms with Gasteiger partial charge in [-0.1, -0.05) is 18.2 Å². The van der Waals surface area contributed by atoms with E-state index in [0.717, 1.165) is 33.2 Å². The molecule has 6 heteroatoms. The van der Waals surface area contributed by atoms with E-state index in [9.17, 15) is 13.6 Å². The first-order valence-electron chi connectivity index (χ1n) is 6.95. The van der Waals surface area contributed by atoms with E-state index in [2.05, 4.69) is 21.2 Å². The molecule has 0 fully saturated rings. The molecule has 0 spiro atoms. The Bertz CT molecular complexity index is 905. The largest absolute Gasteiger partial charge is 0.334 e. The summed E-state index contributed by atoms with van der Waals surface area (Å²) in [7, 11) is 0. The first kappa shape index (κ1) is 15.7. The number of carbonyl (C=O) groups is 1. The van der Waals surface area contributed by atoms with Crippen LogP contribution < -0.4 is 5.32 Å². The maximum Gasteiger partial charge on any atom is 0.244 e. The normalized spacial score (nSPS) is 11.0. The fourth-order valence-corrected chi connectivity index (χ4v) is 3.07. The summed E-state index contributed by atoms with van der Waals surface area (Å²) < 4.78 is 29.3. The number of rotatable bonds is 3. The van der Waals surface area contributed by atoms with Crippen LogP contribution in [0, 0.1) is 18.6 Å². The second-order valence-corrected chi connectivity index (χ2v) is 5.97. The van der Waals surface area contributed by atoms with Gasteiger partial charge in [-0.25, -0.2) is 8.78 Å². The number of halogens is 3. The van der Waals surface area contributed by atoms with Gasteiger partial charge in [0.05, 0.1) is 5.69 Å². The molecule has 0 aliphatic rings. The molecule has 23 heavy (non-hydrogen) atoms. The zero-order valence-electron chi connectivity index (χ0n) is 12.2. The molecule has 0 unspecified atom stereocenters. The van der Waals surface area contributed by atoms with Gasteiger partial charge in [0.25, 0.3) is 0 Å². The highest BCUT2D eigenvalue weighted by Gasteiger charge is 2.15. The Morgan fingerprint density at radius 1 is 1.22 bits per heavy atom. The zero-order chi connectivity index (χ0) is 16.6. The minimum absolute atomic E-state index is 0.0365. The van der Waals surface area contributed by atoms with Crippen molar-refractivity contribution in [3.63, 3.8) is 0 Å². The highest BCUT2D eigenvalue weighted by molar-refractivity contribution is 9.10. The smallest absolute Gasteiger partial charge is 0.244 e. The summed E-state index contributed by atoms with van der Waals surface area (Å²) in [4.78, 5) is 12.2. The molecule has 1 heterocycles. The minimum atomic E-state index is -0.798. The summed E-state index contributed by atoms with van der Waals surface area (Å²) in [6.45, 7) is 1.94. The number of amides is 1. The van der Waals surface area contributed by atoms with Crippen molar-refractivity contribution in [2.45, 2.75) is 13.5 Å². The van der Waals surface area contributed by atoms with Crippen molar-refractivity contribution in [3.8, 4) is 0 Å². The van der Waals surface area contributed by atoms with Crippen molar-refractivity contribution in [1.82, 2.24) is 4.57 Å². The molecular weight excluding hydrogens is 366 g/mol. The molecule has 0 aliphatic heterocycles. The van der Waals surface area contributed by atoms with Crippen LogP contribution in [0.3, 0.4) is 0 Å². The molecule has 1 amide bonds. The van der Waals surface area contributed by atoms with Gasteiger partial charge in [0.15, 0.2) is 0 Å². The zero-order valence-corrected chi connectivity index (χ0v) is 13.8. The third-order valence-corrected chi connectivity index (χ3v) is 4.66. The van der Waals surface area contributed by atoms with Crippen LogP contribution in [0.4, 0.5) is 14.5 Å². The van der Waals surface area contributed by atoms with E-state index in [1.165, 1.54) is 6.07 Å². The number of benzene rings is 2. The summed E-state index contributed by atoms with van der Waals surface area (Å²) in [5.41, 5.74) is 1.78. The second-order valence-electron chi connectivity index (χ2n) is 5.18. The molecule has 0 aliphatic carbocycles. The molecule has 3 aromatic rings. The van der Waals surface area contributed by atoms with Crippen LogP contribution in [0.5, 0.6) is 0 Å². The van der Waals surface area contributed by atoms with Crippen molar-refractivity contribution in [1.29, 1.82) is 0 Å². The standard InChI is InChI=1S/C17H13BrF2N2O/c1-10-17(18)12-4-2-3-5-15(12)22(10)9-16(23)21-14-7-6-11(19)8-13(14)20/h2-8H,9H2,1H3,(H,21,23). The molecule has 3 nitrogen and oxygen atoms in total. The third-order valence-electron chi connectivity index (χ3n) is 3.66. The number of carbonyl (C=O) groups excluding carboxylic acids is 1. The van der Waals surface area contributed by atoms with Gasteiger partial charge in [-0.2, -0.15) is 0 Å². The Morgan fingerprint density at radius 3 is 2.70 bits per heavy atom. The van der Waals surface area contributed by atoms with Crippen LogP contribution in [-0.4, -0.2) is 10.5 Å². The first-order chi connectivity index (χ1) is 11.0. The summed E-state index contributed by atoms with van der Waals surface area (Å²) in [5, 5.41) is 3.48. The van der Waals surface area contributed by atoms with Gasteiger partial charge in [-0.15, -0.1) is 0 Å². The average molecular weight is 379 g/mol. The Hall–Kier alpha value is -2.21. The number of aromatic nitrogens is 1. The number of fused-ring (bicyclic) bond motifs is 1. The number of anilines is 1. The van der Waals surface area contributed by atoms with E-state index < -0.39 is 11.6 Å². The number of nitrogens with zero attached hydrogens (tertiary/aromatic N) is 1. The van der Waals surface area contributed by atoms with Crippen molar-refractivity contribution >= 4 is 38.4 Å². The maximum atomic E-state index is 13.6. The SMILES string of the molecule is Cc1c(Br)c2ccccc2n1CC(=O)Nc1ccc(F)cc1F. The molecule has 0 atom stereocenters. The molecule has 0 bridgehead atoms. The van der Waals surface area contributed by atoms with E-state index in [-0.39, 0.29) is 18.1 Å². The minimum Gasteiger partial charge on any atom is -0.334 e. The molecule has 0 saturated heterocycles. The van der Waals surface area contributed by atoms with E-state index in [0.29, 0.717) is 0 Å². The molecular formula is C17H13BrF2N2O. The molecule has 0 saturated carbocycles. The van der Waals surface area contributed by atoms with E-state index in [4.69, 9.17) is 0 Å². The van der Waals surface area contributed by atoms with Gasteiger partial charge in [0.2, 0.25) is 5.91 Å². The monoisotopic (exact) mass is 378 g/mol. The highest BCUT2D eigenvalue weighted by atomic mass is 79.9. The van der Waals surface area contributed by atoms with Gasteiger partial charge < -0.3 is 9.88 Å². The van der Waals surface area contributed by atoms with Gasteiger partial charge in [-0.05, 0) is 41.1 Å². The summed E-state index contributed by atoms with van der Waals surface area (Å²) in [5.74, 6) is -1.86. The highest BCUT2D eigenvalue weighted by Crippen LogP contribution is 2.30. The number of hydrogen-bond acceptors (Lipinski definition) is 1. The lowest BCUT2D eigenvalue weighted by molar-refractivity contribution is -0.116. The van der Waals surface area contributed by atoms with Crippen molar-refractivity contribution < 1.29 is 13.6 Å².